The van der Waals surface area contributed by atoms with Gasteiger partial charge in [0.2, 0.25) is 5.91 Å². The van der Waals surface area contributed by atoms with Crippen molar-refractivity contribution in [2.24, 2.45) is 0 Å². The minimum absolute atomic E-state index is 0.102. The Bertz CT molecular complexity index is 1200. The van der Waals surface area contributed by atoms with Crippen molar-refractivity contribution >= 4 is 28.8 Å². The van der Waals surface area contributed by atoms with Crippen LogP contribution in [0.5, 0.6) is 11.5 Å². The van der Waals surface area contributed by atoms with E-state index in [0.29, 0.717) is 35.7 Å². The van der Waals surface area contributed by atoms with E-state index in [0.717, 1.165) is 10.9 Å². The summed E-state index contributed by atoms with van der Waals surface area (Å²) in [6.07, 6.45) is 0.357. The van der Waals surface area contributed by atoms with Crippen molar-refractivity contribution in [2.45, 2.75) is 25.8 Å². The maximum absolute atomic E-state index is 13.3. The molecule has 0 fully saturated rings. The van der Waals surface area contributed by atoms with Crippen molar-refractivity contribution in [3.63, 3.8) is 0 Å². The first-order valence-electron chi connectivity index (χ1n) is 10.5. The number of benzene rings is 2. The number of esters is 1. The highest BCUT2D eigenvalue weighted by Crippen LogP contribution is 2.42. The van der Waals surface area contributed by atoms with Gasteiger partial charge >= 0.3 is 12.0 Å². The summed E-state index contributed by atoms with van der Waals surface area (Å²) in [6, 6.07) is 13.1. The second-order valence-corrected chi connectivity index (χ2v) is 7.61. The van der Waals surface area contributed by atoms with Crippen LogP contribution in [-0.4, -0.2) is 48.3 Å². The quantitative estimate of drug-likeness (QED) is 0.417. The van der Waals surface area contributed by atoms with Gasteiger partial charge < -0.3 is 14.8 Å². The van der Waals surface area contributed by atoms with E-state index in [-0.39, 0.29) is 12.3 Å². The normalized spacial score (nSPS) is 14.9. The SMILES string of the molecule is COc1ccc2c(c1)c(CCNC(C)=O)c1n2C(=O)N(OC)C1CC(=O)Oc1ccccc1. The first-order valence-corrected chi connectivity index (χ1v) is 10.5. The first kappa shape index (κ1) is 22.3. The molecule has 0 saturated heterocycles. The standard InChI is InChI=1S/C24H25N3O6/c1-15(28)25-12-11-18-19-13-17(31-2)9-10-20(19)26-23(18)21(27(32-3)24(26)30)14-22(29)33-16-7-5-4-6-8-16/h4-10,13,21H,11-12,14H2,1-3H3,(H,25,28). The molecule has 9 nitrogen and oxygen atoms in total. The van der Waals surface area contributed by atoms with Crippen LogP contribution in [0.2, 0.25) is 0 Å². The zero-order valence-electron chi connectivity index (χ0n) is 18.7. The lowest BCUT2D eigenvalue weighted by atomic mass is 10.0. The fourth-order valence-corrected chi connectivity index (χ4v) is 4.21. The summed E-state index contributed by atoms with van der Waals surface area (Å²) in [5, 5.41) is 4.80. The summed E-state index contributed by atoms with van der Waals surface area (Å²) in [5.74, 6) is 0.422. The number of carbonyl (C=O) groups excluding carboxylic acids is 3. The Morgan fingerprint density at radius 2 is 1.82 bits per heavy atom. The second kappa shape index (κ2) is 9.33. The molecule has 1 aliphatic heterocycles. The Labute approximate surface area is 190 Å². The number of nitrogens with zero attached hydrogens (tertiary/aromatic N) is 2. The van der Waals surface area contributed by atoms with E-state index in [2.05, 4.69) is 5.32 Å². The largest absolute Gasteiger partial charge is 0.497 e. The number of para-hydroxylation sites is 1. The highest BCUT2D eigenvalue weighted by atomic mass is 16.7. The van der Waals surface area contributed by atoms with Crippen LogP contribution in [0.15, 0.2) is 48.5 Å². The Balaban J connectivity index is 1.75. The fraction of sp³-hybridized carbons (Fsp3) is 0.292. The number of rotatable bonds is 8. The van der Waals surface area contributed by atoms with E-state index in [1.807, 2.05) is 12.1 Å². The van der Waals surface area contributed by atoms with Crippen molar-refractivity contribution in [3.8, 4) is 11.5 Å². The molecule has 2 aromatic carbocycles. The molecule has 172 valence electrons. The average molecular weight is 451 g/mol. The molecular weight excluding hydrogens is 426 g/mol. The highest BCUT2D eigenvalue weighted by Gasteiger charge is 2.43. The van der Waals surface area contributed by atoms with Crippen molar-refractivity contribution in [1.82, 2.24) is 14.9 Å². The van der Waals surface area contributed by atoms with Crippen molar-refractivity contribution in [1.29, 1.82) is 0 Å². The van der Waals surface area contributed by atoms with E-state index in [1.54, 1.807) is 48.1 Å². The molecule has 1 aromatic heterocycles. The highest BCUT2D eigenvalue weighted by molar-refractivity contribution is 5.98. The molecule has 1 unspecified atom stereocenters. The Morgan fingerprint density at radius 3 is 2.48 bits per heavy atom. The van der Waals surface area contributed by atoms with E-state index < -0.39 is 18.0 Å². The van der Waals surface area contributed by atoms with Crippen LogP contribution >= 0.6 is 0 Å². The number of aromatic nitrogens is 1. The average Bonchev–Trinajstić information content (AvgIpc) is 3.26. The Kier molecular flexibility index (Phi) is 6.32. The van der Waals surface area contributed by atoms with Gasteiger partial charge in [-0.1, -0.05) is 18.2 Å². The van der Waals surface area contributed by atoms with Gasteiger partial charge in [0.15, 0.2) is 0 Å². The van der Waals surface area contributed by atoms with Crippen LogP contribution in [0.25, 0.3) is 10.9 Å². The predicted molar refractivity (Wildman–Crippen MR) is 120 cm³/mol. The van der Waals surface area contributed by atoms with Gasteiger partial charge in [-0.25, -0.2) is 4.79 Å². The Hall–Kier alpha value is -3.85. The van der Waals surface area contributed by atoms with Gasteiger partial charge in [0, 0.05) is 18.9 Å². The summed E-state index contributed by atoms with van der Waals surface area (Å²) in [6.45, 7) is 1.82. The van der Waals surface area contributed by atoms with Crippen LogP contribution in [0.1, 0.15) is 30.6 Å². The van der Waals surface area contributed by atoms with Gasteiger partial charge in [0.05, 0.1) is 31.9 Å². The number of hydrogen-bond donors (Lipinski definition) is 1. The number of ether oxygens (including phenoxy) is 2. The van der Waals surface area contributed by atoms with E-state index in [1.165, 1.54) is 19.1 Å². The van der Waals surface area contributed by atoms with Crippen LogP contribution in [0.4, 0.5) is 4.79 Å². The number of fused-ring (bicyclic) bond motifs is 3. The maximum Gasteiger partial charge on any atom is 0.353 e. The van der Waals surface area contributed by atoms with Crippen molar-refractivity contribution in [3.05, 3.63) is 59.8 Å². The summed E-state index contributed by atoms with van der Waals surface area (Å²) < 4.78 is 12.4. The van der Waals surface area contributed by atoms with Gasteiger partial charge in [-0.05, 0) is 42.3 Å². The molecule has 1 atom stereocenters. The third-order valence-electron chi connectivity index (χ3n) is 5.58. The lowest BCUT2D eigenvalue weighted by Gasteiger charge is -2.21. The zero-order chi connectivity index (χ0) is 23.5. The molecule has 1 N–H and O–H groups in total. The molecule has 3 aromatic rings. The number of methoxy groups -OCH3 is 1. The minimum Gasteiger partial charge on any atom is -0.497 e. The van der Waals surface area contributed by atoms with E-state index in [4.69, 9.17) is 14.3 Å². The van der Waals surface area contributed by atoms with Gasteiger partial charge in [-0.15, -0.1) is 0 Å². The van der Waals surface area contributed by atoms with Gasteiger partial charge in [0.25, 0.3) is 0 Å². The van der Waals surface area contributed by atoms with Crippen molar-refractivity contribution in [2.75, 3.05) is 20.8 Å². The molecule has 0 radical (unpaired) electrons. The summed E-state index contributed by atoms with van der Waals surface area (Å²) in [5.41, 5.74) is 2.15. The molecule has 9 heteroatoms. The minimum atomic E-state index is -0.690. The number of amides is 2. The molecule has 0 bridgehead atoms. The van der Waals surface area contributed by atoms with Gasteiger partial charge in [-0.2, -0.15) is 5.06 Å². The molecule has 0 saturated carbocycles. The number of hydrogen-bond acceptors (Lipinski definition) is 6. The monoisotopic (exact) mass is 451 g/mol. The summed E-state index contributed by atoms with van der Waals surface area (Å²) in [4.78, 5) is 42.8. The molecular formula is C24H25N3O6. The molecule has 2 heterocycles. The molecule has 0 aliphatic carbocycles. The van der Waals surface area contributed by atoms with Crippen LogP contribution in [0, 0.1) is 0 Å². The maximum atomic E-state index is 13.3. The van der Waals surface area contributed by atoms with Crippen molar-refractivity contribution < 1.29 is 28.7 Å². The summed E-state index contributed by atoms with van der Waals surface area (Å²) in [7, 11) is 2.96. The molecule has 33 heavy (non-hydrogen) atoms. The topological polar surface area (TPSA) is 99.1 Å². The number of carbonyl (C=O) groups is 3. The molecule has 0 spiro atoms. The van der Waals surface area contributed by atoms with E-state index in [9.17, 15) is 14.4 Å². The fourth-order valence-electron chi connectivity index (χ4n) is 4.21. The predicted octanol–water partition coefficient (Wildman–Crippen LogP) is 3.21. The third kappa shape index (κ3) is 4.27. The molecule has 1 aliphatic rings. The summed E-state index contributed by atoms with van der Waals surface area (Å²) >= 11 is 0. The number of nitrogens with one attached hydrogen (secondary N) is 1. The number of hydroxylamine groups is 2. The van der Waals surface area contributed by atoms with Gasteiger partial charge in [0.1, 0.15) is 17.5 Å². The Morgan fingerprint density at radius 1 is 1.06 bits per heavy atom. The van der Waals surface area contributed by atoms with Crippen LogP contribution in [0.3, 0.4) is 0 Å². The van der Waals surface area contributed by atoms with Crippen LogP contribution < -0.4 is 14.8 Å². The zero-order valence-corrected chi connectivity index (χ0v) is 18.7. The molecule has 4 rings (SSSR count). The lowest BCUT2D eigenvalue weighted by Crippen LogP contribution is -2.30. The third-order valence-corrected chi connectivity index (χ3v) is 5.58. The van der Waals surface area contributed by atoms with Gasteiger partial charge in [-0.3, -0.25) is 19.0 Å². The smallest absolute Gasteiger partial charge is 0.353 e. The lowest BCUT2D eigenvalue weighted by molar-refractivity contribution is -0.143. The second-order valence-electron chi connectivity index (χ2n) is 7.61. The van der Waals surface area contributed by atoms with Crippen LogP contribution in [-0.2, 0) is 20.8 Å². The van der Waals surface area contributed by atoms with E-state index >= 15 is 0 Å². The first-order chi connectivity index (χ1) is 15.9. The molecule has 2 amide bonds.